The first-order valence-electron chi connectivity index (χ1n) is 9.74. The topological polar surface area (TPSA) is 81.0 Å². The Kier molecular flexibility index (Phi) is 5.53. The molecule has 8 heteroatoms. The zero-order valence-electron chi connectivity index (χ0n) is 16.0. The standard InChI is InChI=1S/C21H23FN2O5/c22-16-3-1-14(2-4-16)12-23-7-8-24-18(29-13-15-5-9-28-10-6-15)11-17(25)20(26)19(24)21(23)27/h1-4,11,15,26H,5-10,12-13H2. The number of carbonyl (C=O) groups excluding carboxylic acids is 1. The van der Waals surface area contributed by atoms with Gasteiger partial charge in [-0.25, -0.2) is 4.39 Å². The number of rotatable bonds is 5. The number of hydrogen-bond acceptors (Lipinski definition) is 5. The van der Waals surface area contributed by atoms with Gasteiger partial charge in [0.1, 0.15) is 5.82 Å². The summed E-state index contributed by atoms with van der Waals surface area (Å²) in [5.74, 6) is -0.745. The molecule has 0 saturated carbocycles. The Balaban J connectivity index is 1.56. The van der Waals surface area contributed by atoms with E-state index in [0.717, 1.165) is 18.4 Å². The van der Waals surface area contributed by atoms with Crippen LogP contribution in [-0.4, -0.2) is 46.8 Å². The molecule has 1 N–H and O–H groups in total. The lowest BCUT2D eigenvalue weighted by Gasteiger charge is -2.32. The summed E-state index contributed by atoms with van der Waals surface area (Å²) in [6, 6.07) is 7.13. The highest BCUT2D eigenvalue weighted by Crippen LogP contribution is 2.27. The summed E-state index contributed by atoms with van der Waals surface area (Å²) in [5, 5.41) is 10.3. The van der Waals surface area contributed by atoms with Crippen molar-refractivity contribution in [3.63, 3.8) is 0 Å². The van der Waals surface area contributed by atoms with Gasteiger partial charge in [0.05, 0.1) is 6.61 Å². The highest BCUT2D eigenvalue weighted by Gasteiger charge is 2.31. The maximum Gasteiger partial charge on any atom is 0.274 e. The van der Waals surface area contributed by atoms with E-state index in [1.165, 1.54) is 23.1 Å². The first-order valence-corrected chi connectivity index (χ1v) is 9.74. The van der Waals surface area contributed by atoms with Gasteiger partial charge in [0.2, 0.25) is 5.43 Å². The normalized spacial score (nSPS) is 17.3. The number of pyridine rings is 1. The molecule has 2 aliphatic rings. The fourth-order valence-corrected chi connectivity index (χ4v) is 3.72. The predicted molar refractivity (Wildman–Crippen MR) is 103 cm³/mol. The highest BCUT2D eigenvalue weighted by molar-refractivity contribution is 5.96. The molecule has 3 heterocycles. The number of aromatic hydroxyl groups is 1. The van der Waals surface area contributed by atoms with Crippen LogP contribution >= 0.6 is 0 Å². The number of hydrogen-bond donors (Lipinski definition) is 1. The van der Waals surface area contributed by atoms with Crippen LogP contribution in [0.4, 0.5) is 4.39 Å². The highest BCUT2D eigenvalue weighted by atomic mass is 19.1. The second-order valence-electron chi connectivity index (χ2n) is 7.42. The van der Waals surface area contributed by atoms with Crippen molar-refractivity contribution in [3.8, 4) is 11.6 Å². The van der Waals surface area contributed by atoms with Gasteiger partial charge in [0.15, 0.2) is 17.3 Å². The van der Waals surface area contributed by atoms with Crippen molar-refractivity contribution in [2.45, 2.75) is 25.9 Å². The van der Waals surface area contributed by atoms with Crippen LogP contribution in [0, 0.1) is 11.7 Å². The molecule has 29 heavy (non-hydrogen) atoms. The van der Waals surface area contributed by atoms with Crippen LogP contribution in [0.3, 0.4) is 0 Å². The minimum absolute atomic E-state index is 0.0622. The van der Waals surface area contributed by atoms with Gasteiger partial charge in [0, 0.05) is 38.9 Å². The van der Waals surface area contributed by atoms with Gasteiger partial charge in [-0.05, 0) is 36.5 Å². The molecule has 7 nitrogen and oxygen atoms in total. The average molecular weight is 402 g/mol. The number of aromatic nitrogens is 1. The Morgan fingerprint density at radius 3 is 2.59 bits per heavy atom. The molecule has 0 aliphatic carbocycles. The van der Waals surface area contributed by atoms with E-state index < -0.39 is 17.1 Å². The first-order chi connectivity index (χ1) is 14.0. The Bertz CT molecular complexity index is 951. The van der Waals surface area contributed by atoms with Crippen molar-refractivity contribution < 1.29 is 23.8 Å². The molecule has 1 aromatic carbocycles. The van der Waals surface area contributed by atoms with E-state index in [1.807, 2.05) is 0 Å². The minimum Gasteiger partial charge on any atom is -0.503 e. The van der Waals surface area contributed by atoms with Crippen molar-refractivity contribution >= 4 is 5.91 Å². The molecular formula is C21H23FN2O5. The summed E-state index contributed by atoms with van der Waals surface area (Å²) in [6.07, 6.45) is 1.78. The third-order valence-electron chi connectivity index (χ3n) is 5.43. The molecule has 0 spiro atoms. The monoisotopic (exact) mass is 402 g/mol. The van der Waals surface area contributed by atoms with Gasteiger partial charge in [-0.2, -0.15) is 0 Å². The number of fused-ring (bicyclic) bond motifs is 1. The SMILES string of the molecule is O=C1c2c(O)c(=O)cc(OCC3CCOCC3)n2CCN1Cc1ccc(F)cc1. The number of halogens is 1. The van der Waals surface area contributed by atoms with Gasteiger partial charge >= 0.3 is 0 Å². The van der Waals surface area contributed by atoms with Crippen LogP contribution in [0.25, 0.3) is 0 Å². The quantitative estimate of drug-likeness (QED) is 0.829. The lowest BCUT2D eigenvalue weighted by Crippen LogP contribution is -2.41. The molecule has 0 atom stereocenters. The first kappa shape index (κ1) is 19.4. The minimum atomic E-state index is -0.643. The van der Waals surface area contributed by atoms with E-state index in [9.17, 15) is 19.1 Å². The van der Waals surface area contributed by atoms with Crippen LogP contribution in [0.1, 0.15) is 28.9 Å². The molecule has 2 aliphatic heterocycles. The molecule has 1 amide bonds. The summed E-state index contributed by atoms with van der Waals surface area (Å²) in [7, 11) is 0. The molecule has 0 unspecified atom stereocenters. The molecule has 1 saturated heterocycles. The fourth-order valence-electron chi connectivity index (χ4n) is 3.72. The number of nitrogens with zero attached hydrogens (tertiary/aromatic N) is 2. The predicted octanol–water partition coefficient (Wildman–Crippen LogP) is 2.15. The van der Waals surface area contributed by atoms with Gasteiger partial charge < -0.3 is 24.0 Å². The Hall–Kier alpha value is -2.87. The number of ether oxygens (including phenoxy) is 2. The lowest BCUT2D eigenvalue weighted by atomic mass is 10.0. The maximum absolute atomic E-state index is 13.1. The van der Waals surface area contributed by atoms with Gasteiger partial charge in [-0.1, -0.05) is 12.1 Å². The van der Waals surface area contributed by atoms with Crippen LogP contribution < -0.4 is 10.2 Å². The van der Waals surface area contributed by atoms with E-state index in [1.54, 1.807) is 16.7 Å². The molecule has 0 bridgehead atoms. The molecule has 154 valence electrons. The van der Waals surface area contributed by atoms with Crippen LogP contribution in [0.5, 0.6) is 11.6 Å². The number of benzene rings is 1. The van der Waals surface area contributed by atoms with Crippen molar-refractivity contribution in [3.05, 3.63) is 57.6 Å². The summed E-state index contributed by atoms with van der Waals surface area (Å²) < 4.78 is 25.9. The van der Waals surface area contributed by atoms with Gasteiger partial charge in [-0.15, -0.1) is 0 Å². The Labute approximate surface area is 167 Å². The van der Waals surface area contributed by atoms with E-state index >= 15 is 0 Å². The van der Waals surface area contributed by atoms with E-state index in [4.69, 9.17) is 9.47 Å². The molecule has 2 aromatic rings. The summed E-state index contributed by atoms with van der Waals surface area (Å²) >= 11 is 0. The molecule has 1 aromatic heterocycles. The van der Waals surface area contributed by atoms with Gasteiger partial charge in [0.25, 0.3) is 5.91 Å². The Morgan fingerprint density at radius 1 is 1.14 bits per heavy atom. The molecule has 1 fully saturated rings. The van der Waals surface area contributed by atoms with E-state index in [-0.39, 0.29) is 18.1 Å². The summed E-state index contributed by atoms with van der Waals surface area (Å²) in [4.78, 5) is 26.7. The van der Waals surface area contributed by atoms with Crippen molar-refractivity contribution in [1.82, 2.24) is 9.47 Å². The largest absolute Gasteiger partial charge is 0.503 e. The molecule has 4 rings (SSSR count). The second kappa shape index (κ2) is 8.24. The van der Waals surface area contributed by atoms with Crippen LogP contribution in [0.2, 0.25) is 0 Å². The zero-order valence-corrected chi connectivity index (χ0v) is 16.0. The summed E-state index contributed by atoms with van der Waals surface area (Å²) in [5.41, 5.74) is 0.0602. The van der Waals surface area contributed by atoms with E-state index in [0.29, 0.717) is 44.7 Å². The third kappa shape index (κ3) is 4.12. The number of amides is 1. The summed E-state index contributed by atoms with van der Waals surface area (Å²) in [6.45, 7) is 2.86. The maximum atomic E-state index is 13.1. The van der Waals surface area contributed by atoms with Gasteiger partial charge in [-0.3, -0.25) is 9.59 Å². The Morgan fingerprint density at radius 2 is 1.86 bits per heavy atom. The fraction of sp³-hybridized carbons (Fsp3) is 0.429. The van der Waals surface area contributed by atoms with Crippen LogP contribution in [0.15, 0.2) is 35.1 Å². The number of carbonyl (C=O) groups is 1. The van der Waals surface area contributed by atoms with Crippen LogP contribution in [-0.2, 0) is 17.8 Å². The van der Waals surface area contributed by atoms with Crippen molar-refractivity contribution in [1.29, 1.82) is 0 Å². The average Bonchev–Trinajstić information content (AvgIpc) is 2.73. The smallest absolute Gasteiger partial charge is 0.274 e. The second-order valence-corrected chi connectivity index (χ2v) is 7.42. The van der Waals surface area contributed by atoms with E-state index in [2.05, 4.69) is 0 Å². The molecular weight excluding hydrogens is 379 g/mol. The lowest BCUT2D eigenvalue weighted by molar-refractivity contribution is 0.0472. The zero-order chi connectivity index (χ0) is 20.4. The van der Waals surface area contributed by atoms with Crippen molar-refractivity contribution in [2.24, 2.45) is 5.92 Å². The third-order valence-corrected chi connectivity index (χ3v) is 5.43. The van der Waals surface area contributed by atoms with Crippen molar-refractivity contribution in [2.75, 3.05) is 26.4 Å². The molecule has 0 radical (unpaired) electrons.